The lowest BCUT2D eigenvalue weighted by atomic mass is 10.3. The highest BCUT2D eigenvalue weighted by atomic mass is 32.2. The third kappa shape index (κ3) is 3.29. The van der Waals surface area contributed by atoms with E-state index >= 15 is 0 Å². The van der Waals surface area contributed by atoms with Crippen molar-refractivity contribution in [2.24, 2.45) is 0 Å². The summed E-state index contributed by atoms with van der Waals surface area (Å²) in [5, 5.41) is 0. The van der Waals surface area contributed by atoms with E-state index in [1.54, 1.807) is 0 Å². The van der Waals surface area contributed by atoms with Crippen LogP contribution in [-0.4, -0.2) is 23.4 Å². The summed E-state index contributed by atoms with van der Waals surface area (Å²) in [5.41, 5.74) is 4.98. The zero-order chi connectivity index (χ0) is 13.2. The highest BCUT2D eigenvalue weighted by molar-refractivity contribution is 7.99. The maximum atomic E-state index is 12.5. The lowest BCUT2D eigenvalue weighted by molar-refractivity contribution is -0.141. The Morgan fingerprint density at radius 1 is 1.50 bits per heavy atom. The van der Waals surface area contributed by atoms with Gasteiger partial charge in [-0.1, -0.05) is 0 Å². The second-order valence-electron chi connectivity index (χ2n) is 4.05. The number of anilines is 1. The average Bonchev–Trinajstić information content (AvgIpc) is 2.79. The van der Waals surface area contributed by atoms with Crippen molar-refractivity contribution in [3.05, 3.63) is 18.0 Å². The van der Waals surface area contributed by atoms with E-state index in [1.807, 2.05) is 0 Å². The Hall–Kier alpha value is -0.950. The molecule has 2 rings (SSSR count). The predicted octanol–water partition coefficient (Wildman–Crippen LogP) is 2.95. The zero-order valence-corrected chi connectivity index (χ0v) is 10.4. The standard InChI is InChI=1S/C11H13F3N2OS/c12-11(13,14)10-4-9(8(15)5-16-10)18-6-7-2-1-3-17-7/h4-5,7H,1-3,6,15H2. The third-order valence-electron chi connectivity index (χ3n) is 2.63. The molecule has 1 aliphatic heterocycles. The number of alkyl halides is 3. The highest BCUT2D eigenvalue weighted by Gasteiger charge is 2.33. The van der Waals surface area contributed by atoms with Crippen molar-refractivity contribution >= 4 is 17.4 Å². The van der Waals surface area contributed by atoms with Gasteiger partial charge < -0.3 is 10.5 Å². The van der Waals surface area contributed by atoms with Crippen LogP contribution in [0.2, 0.25) is 0 Å². The van der Waals surface area contributed by atoms with Crippen LogP contribution in [0.15, 0.2) is 17.2 Å². The Morgan fingerprint density at radius 2 is 2.28 bits per heavy atom. The van der Waals surface area contributed by atoms with Crippen molar-refractivity contribution in [1.29, 1.82) is 0 Å². The van der Waals surface area contributed by atoms with Gasteiger partial charge in [-0.05, 0) is 18.9 Å². The molecule has 2 heterocycles. The molecule has 100 valence electrons. The van der Waals surface area contributed by atoms with Crippen LogP contribution in [0.3, 0.4) is 0 Å². The first-order valence-corrected chi connectivity index (χ1v) is 6.52. The summed E-state index contributed by atoms with van der Waals surface area (Å²) in [4.78, 5) is 3.71. The lowest BCUT2D eigenvalue weighted by Crippen LogP contribution is -2.10. The maximum Gasteiger partial charge on any atom is 0.433 e. The molecule has 0 aromatic carbocycles. The van der Waals surface area contributed by atoms with Gasteiger partial charge in [0.2, 0.25) is 0 Å². The normalized spacial score (nSPS) is 20.3. The van der Waals surface area contributed by atoms with Gasteiger partial charge in [-0.15, -0.1) is 11.8 Å². The fourth-order valence-corrected chi connectivity index (χ4v) is 2.73. The van der Waals surface area contributed by atoms with Gasteiger partial charge >= 0.3 is 6.18 Å². The smallest absolute Gasteiger partial charge is 0.397 e. The topological polar surface area (TPSA) is 48.1 Å². The Kier molecular flexibility index (Phi) is 4.01. The summed E-state index contributed by atoms with van der Waals surface area (Å²) in [6.07, 6.45) is -1.32. The van der Waals surface area contributed by atoms with Gasteiger partial charge in [-0.3, -0.25) is 0 Å². The molecule has 3 nitrogen and oxygen atoms in total. The minimum Gasteiger partial charge on any atom is -0.397 e. The van der Waals surface area contributed by atoms with Crippen molar-refractivity contribution in [1.82, 2.24) is 4.98 Å². The van der Waals surface area contributed by atoms with E-state index in [4.69, 9.17) is 10.5 Å². The van der Waals surface area contributed by atoms with E-state index in [0.717, 1.165) is 31.7 Å². The van der Waals surface area contributed by atoms with Crippen LogP contribution >= 0.6 is 11.8 Å². The van der Waals surface area contributed by atoms with E-state index in [2.05, 4.69) is 4.98 Å². The molecule has 18 heavy (non-hydrogen) atoms. The van der Waals surface area contributed by atoms with Crippen LogP contribution in [0.1, 0.15) is 18.5 Å². The van der Waals surface area contributed by atoms with Crippen LogP contribution in [0.5, 0.6) is 0 Å². The van der Waals surface area contributed by atoms with E-state index < -0.39 is 11.9 Å². The lowest BCUT2D eigenvalue weighted by Gasteiger charge is -2.12. The summed E-state index contributed by atoms with van der Waals surface area (Å²) >= 11 is 1.28. The fourth-order valence-electron chi connectivity index (χ4n) is 1.69. The number of thioether (sulfide) groups is 1. The van der Waals surface area contributed by atoms with Gasteiger partial charge in [0, 0.05) is 17.3 Å². The number of nitrogens with zero attached hydrogens (tertiary/aromatic N) is 1. The second-order valence-corrected chi connectivity index (χ2v) is 5.11. The number of nitrogens with two attached hydrogens (primary N) is 1. The van der Waals surface area contributed by atoms with Crippen LogP contribution in [0, 0.1) is 0 Å². The molecular formula is C11H13F3N2OS. The first-order chi connectivity index (χ1) is 8.47. The van der Waals surface area contributed by atoms with E-state index in [1.165, 1.54) is 11.8 Å². The molecule has 1 aromatic heterocycles. The van der Waals surface area contributed by atoms with Crippen LogP contribution < -0.4 is 5.73 Å². The van der Waals surface area contributed by atoms with Crippen molar-refractivity contribution in [2.75, 3.05) is 18.1 Å². The summed E-state index contributed by atoms with van der Waals surface area (Å²) in [7, 11) is 0. The molecule has 0 saturated carbocycles. The van der Waals surface area contributed by atoms with Gasteiger partial charge in [-0.25, -0.2) is 4.98 Å². The van der Waals surface area contributed by atoms with Crippen molar-refractivity contribution in [3.8, 4) is 0 Å². The van der Waals surface area contributed by atoms with Crippen molar-refractivity contribution < 1.29 is 17.9 Å². The Morgan fingerprint density at radius 3 is 2.89 bits per heavy atom. The zero-order valence-electron chi connectivity index (χ0n) is 9.54. The third-order valence-corrected chi connectivity index (χ3v) is 3.84. The molecule has 0 bridgehead atoms. The summed E-state index contributed by atoms with van der Waals surface area (Å²) in [5.74, 6) is 0.617. The summed E-state index contributed by atoms with van der Waals surface area (Å²) < 4.78 is 42.9. The van der Waals surface area contributed by atoms with Gasteiger partial charge in [0.05, 0.1) is 18.0 Å². The van der Waals surface area contributed by atoms with E-state index in [0.29, 0.717) is 10.6 Å². The molecule has 1 aromatic rings. The average molecular weight is 278 g/mol. The number of nitrogen functional groups attached to an aromatic ring is 1. The molecule has 0 radical (unpaired) electrons. The Bertz CT molecular complexity index is 419. The SMILES string of the molecule is Nc1cnc(C(F)(F)F)cc1SCC1CCCO1. The number of pyridine rings is 1. The number of aromatic nitrogens is 1. The monoisotopic (exact) mass is 278 g/mol. The van der Waals surface area contributed by atoms with Crippen molar-refractivity contribution in [2.45, 2.75) is 30.0 Å². The molecule has 1 fully saturated rings. The molecule has 7 heteroatoms. The first-order valence-electron chi connectivity index (χ1n) is 5.54. The minimum atomic E-state index is -4.44. The van der Waals surface area contributed by atoms with Gasteiger partial charge in [0.25, 0.3) is 0 Å². The van der Waals surface area contributed by atoms with E-state index in [-0.39, 0.29) is 11.8 Å². The number of hydrogen-bond acceptors (Lipinski definition) is 4. The fraction of sp³-hybridized carbons (Fsp3) is 0.545. The predicted molar refractivity (Wildman–Crippen MR) is 63.3 cm³/mol. The Balaban J connectivity index is 2.06. The Labute approximate surface area is 107 Å². The molecule has 0 spiro atoms. The number of halogens is 3. The largest absolute Gasteiger partial charge is 0.433 e. The molecule has 1 unspecified atom stereocenters. The first kappa shape index (κ1) is 13.5. The molecule has 0 aliphatic carbocycles. The molecule has 1 aliphatic rings. The molecule has 1 saturated heterocycles. The quantitative estimate of drug-likeness (QED) is 0.864. The van der Waals surface area contributed by atoms with Crippen LogP contribution in [0.4, 0.5) is 18.9 Å². The van der Waals surface area contributed by atoms with Crippen LogP contribution in [0.25, 0.3) is 0 Å². The number of ether oxygens (including phenoxy) is 1. The van der Waals surface area contributed by atoms with E-state index in [9.17, 15) is 13.2 Å². The maximum absolute atomic E-state index is 12.5. The molecule has 0 amide bonds. The number of hydrogen-bond donors (Lipinski definition) is 1. The summed E-state index contributed by atoms with van der Waals surface area (Å²) in [6.45, 7) is 0.727. The van der Waals surface area contributed by atoms with Crippen LogP contribution in [-0.2, 0) is 10.9 Å². The molecule has 2 N–H and O–H groups in total. The number of rotatable bonds is 3. The molecular weight excluding hydrogens is 265 g/mol. The highest BCUT2D eigenvalue weighted by Crippen LogP contribution is 2.33. The van der Waals surface area contributed by atoms with Gasteiger partial charge in [0.1, 0.15) is 5.69 Å². The van der Waals surface area contributed by atoms with Gasteiger partial charge in [-0.2, -0.15) is 13.2 Å². The minimum absolute atomic E-state index is 0.108. The van der Waals surface area contributed by atoms with Crippen molar-refractivity contribution in [3.63, 3.8) is 0 Å². The van der Waals surface area contributed by atoms with Gasteiger partial charge in [0.15, 0.2) is 0 Å². The summed E-state index contributed by atoms with van der Waals surface area (Å²) in [6, 6.07) is 0.995. The molecule has 1 atom stereocenters. The second kappa shape index (κ2) is 5.36.